The van der Waals surface area contributed by atoms with Gasteiger partial charge in [-0.15, -0.1) is 0 Å². The molecule has 4 aliphatic rings. The Balaban J connectivity index is 1.54. The predicted octanol–water partition coefficient (Wildman–Crippen LogP) is 8.34. The number of aliphatic hydroxyl groups excluding tert-OH is 1. The number of aliphatic hydroxyl groups is 1. The standard InChI is InChI=1S/C30H50O/c1-8-22(19(2)3)10-9-20(4)24-13-14-26-23-11-12-25-21(5)28(31)16-18-30(25,7)27(23)15-17-29(24,26)6/h20-22,24-25,27-28,31H,2,8-18H2,1,3-7H3/t20-,21+,22?,24-,25+,27+,28+,29-,30+/m1/s1. The van der Waals surface area contributed by atoms with Crippen molar-refractivity contribution in [2.24, 2.45) is 46.3 Å². The Labute approximate surface area is 193 Å². The summed E-state index contributed by atoms with van der Waals surface area (Å²) in [5, 5.41) is 10.5. The van der Waals surface area contributed by atoms with Crippen LogP contribution in [0, 0.1) is 46.3 Å². The van der Waals surface area contributed by atoms with E-state index in [1.54, 1.807) is 0 Å². The zero-order chi connectivity index (χ0) is 22.6. The molecule has 4 rings (SSSR count). The van der Waals surface area contributed by atoms with Gasteiger partial charge in [0.1, 0.15) is 0 Å². The van der Waals surface area contributed by atoms with Crippen molar-refractivity contribution in [2.45, 2.75) is 118 Å². The molecule has 0 aromatic rings. The van der Waals surface area contributed by atoms with E-state index in [0.29, 0.717) is 22.7 Å². The SMILES string of the molecule is C=C(C)C(CC)CC[C@@H](C)[C@H]1CCC2=C3CC[C@H]4[C@H](C)[C@@H](O)CC[C@]4(C)[C@H]3CC[C@@]21C. The van der Waals surface area contributed by atoms with E-state index >= 15 is 0 Å². The van der Waals surface area contributed by atoms with Crippen LogP contribution in [0.15, 0.2) is 23.3 Å². The maximum atomic E-state index is 10.5. The molecular formula is C30H50O. The summed E-state index contributed by atoms with van der Waals surface area (Å²) in [6, 6.07) is 0. The molecule has 0 radical (unpaired) electrons. The Bertz CT molecular complexity index is 718. The van der Waals surface area contributed by atoms with Crippen molar-refractivity contribution >= 4 is 0 Å². The lowest BCUT2D eigenvalue weighted by molar-refractivity contribution is -0.0779. The van der Waals surface area contributed by atoms with Gasteiger partial charge in [-0.3, -0.25) is 0 Å². The van der Waals surface area contributed by atoms with Crippen LogP contribution < -0.4 is 0 Å². The van der Waals surface area contributed by atoms with Crippen LogP contribution in [0.25, 0.3) is 0 Å². The van der Waals surface area contributed by atoms with Gasteiger partial charge in [-0.25, -0.2) is 0 Å². The van der Waals surface area contributed by atoms with Crippen molar-refractivity contribution in [3.63, 3.8) is 0 Å². The highest BCUT2D eigenvalue weighted by Crippen LogP contribution is 2.66. The molecule has 1 heteroatoms. The summed E-state index contributed by atoms with van der Waals surface area (Å²) in [6.45, 7) is 18.9. The van der Waals surface area contributed by atoms with Crippen LogP contribution in [0.3, 0.4) is 0 Å². The number of fused-ring (bicyclic) bond motifs is 4. The van der Waals surface area contributed by atoms with Gasteiger partial charge in [0.15, 0.2) is 0 Å². The molecule has 1 N–H and O–H groups in total. The molecule has 0 bridgehead atoms. The molecule has 0 amide bonds. The third-order valence-electron chi connectivity index (χ3n) is 11.4. The third-order valence-corrected chi connectivity index (χ3v) is 11.4. The zero-order valence-corrected chi connectivity index (χ0v) is 21.5. The number of allylic oxidation sites excluding steroid dienone is 3. The van der Waals surface area contributed by atoms with Crippen molar-refractivity contribution in [3.05, 3.63) is 23.3 Å². The summed E-state index contributed by atoms with van der Waals surface area (Å²) >= 11 is 0. The molecule has 0 aromatic carbocycles. The van der Waals surface area contributed by atoms with Crippen LogP contribution >= 0.6 is 0 Å². The van der Waals surface area contributed by atoms with Crippen molar-refractivity contribution in [1.82, 2.24) is 0 Å². The smallest absolute Gasteiger partial charge is 0.0568 e. The Hall–Kier alpha value is -0.560. The van der Waals surface area contributed by atoms with Crippen LogP contribution in [0.1, 0.15) is 112 Å². The van der Waals surface area contributed by atoms with Crippen molar-refractivity contribution in [2.75, 3.05) is 0 Å². The van der Waals surface area contributed by atoms with Crippen LogP contribution in [-0.4, -0.2) is 11.2 Å². The van der Waals surface area contributed by atoms with Crippen LogP contribution in [0.4, 0.5) is 0 Å². The van der Waals surface area contributed by atoms with Gasteiger partial charge in [-0.2, -0.15) is 0 Å². The second kappa shape index (κ2) is 8.66. The highest BCUT2D eigenvalue weighted by molar-refractivity contribution is 5.35. The summed E-state index contributed by atoms with van der Waals surface area (Å²) < 4.78 is 0. The fourth-order valence-corrected chi connectivity index (χ4v) is 9.36. The Morgan fingerprint density at radius 3 is 2.52 bits per heavy atom. The average Bonchev–Trinajstić information content (AvgIpc) is 3.08. The first-order valence-corrected chi connectivity index (χ1v) is 13.7. The van der Waals surface area contributed by atoms with E-state index in [1.807, 2.05) is 11.1 Å². The van der Waals surface area contributed by atoms with E-state index in [9.17, 15) is 5.11 Å². The summed E-state index contributed by atoms with van der Waals surface area (Å²) in [7, 11) is 0. The van der Waals surface area contributed by atoms with Gasteiger partial charge >= 0.3 is 0 Å². The first kappa shape index (κ1) is 23.6. The van der Waals surface area contributed by atoms with Crippen molar-refractivity contribution in [3.8, 4) is 0 Å². The molecule has 3 fully saturated rings. The van der Waals surface area contributed by atoms with Gasteiger partial charge in [-0.1, -0.05) is 57.9 Å². The Kier molecular flexibility index (Phi) is 6.59. The second-order valence-corrected chi connectivity index (χ2v) is 12.8. The Morgan fingerprint density at radius 1 is 1.10 bits per heavy atom. The lowest BCUT2D eigenvalue weighted by Gasteiger charge is -2.58. The van der Waals surface area contributed by atoms with Gasteiger partial charge in [0, 0.05) is 0 Å². The fourth-order valence-electron chi connectivity index (χ4n) is 9.36. The summed E-state index contributed by atoms with van der Waals surface area (Å²) in [6.07, 6.45) is 14.4. The van der Waals surface area contributed by atoms with Crippen molar-refractivity contribution < 1.29 is 5.11 Å². The molecule has 0 aliphatic heterocycles. The molecule has 31 heavy (non-hydrogen) atoms. The van der Waals surface area contributed by atoms with Gasteiger partial charge in [0.25, 0.3) is 0 Å². The largest absolute Gasteiger partial charge is 0.393 e. The van der Waals surface area contributed by atoms with E-state index in [2.05, 4.69) is 48.1 Å². The van der Waals surface area contributed by atoms with Crippen LogP contribution in [-0.2, 0) is 0 Å². The maximum Gasteiger partial charge on any atom is 0.0568 e. The molecule has 0 spiro atoms. The Morgan fingerprint density at radius 2 is 1.84 bits per heavy atom. The van der Waals surface area contributed by atoms with Crippen LogP contribution in [0.5, 0.6) is 0 Å². The normalized spacial score (nSPS) is 44.3. The minimum atomic E-state index is -0.0657. The summed E-state index contributed by atoms with van der Waals surface area (Å²) in [5.74, 6) is 4.41. The average molecular weight is 427 g/mol. The molecule has 1 unspecified atom stereocenters. The van der Waals surface area contributed by atoms with Gasteiger partial charge in [0.05, 0.1) is 6.10 Å². The van der Waals surface area contributed by atoms with Gasteiger partial charge in [0.2, 0.25) is 0 Å². The minimum absolute atomic E-state index is 0.0657. The van der Waals surface area contributed by atoms with Gasteiger partial charge < -0.3 is 5.11 Å². The quantitative estimate of drug-likeness (QED) is 0.423. The van der Waals surface area contributed by atoms with E-state index in [0.717, 1.165) is 30.1 Å². The molecular weight excluding hydrogens is 376 g/mol. The lowest BCUT2D eigenvalue weighted by Crippen LogP contribution is -2.51. The van der Waals surface area contributed by atoms with Crippen molar-refractivity contribution in [1.29, 1.82) is 0 Å². The molecule has 4 aliphatic carbocycles. The number of hydrogen-bond donors (Lipinski definition) is 1. The topological polar surface area (TPSA) is 20.2 Å². The van der Waals surface area contributed by atoms with Gasteiger partial charge in [-0.05, 0) is 124 Å². The minimum Gasteiger partial charge on any atom is -0.393 e. The molecule has 0 heterocycles. The molecule has 176 valence electrons. The fraction of sp³-hybridized carbons (Fsp3) is 0.867. The molecule has 1 nitrogen and oxygen atoms in total. The van der Waals surface area contributed by atoms with E-state index in [4.69, 9.17) is 0 Å². The van der Waals surface area contributed by atoms with E-state index in [1.165, 1.54) is 69.8 Å². The number of rotatable bonds is 6. The summed E-state index contributed by atoms with van der Waals surface area (Å²) in [4.78, 5) is 0. The molecule has 3 saturated carbocycles. The predicted molar refractivity (Wildman–Crippen MR) is 133 cm³/mol. The second-order valence-electron chi connectivity index (χ2n) is 12.8. The van der Waals surface area contributed by atoms with E-state index < -0.39 is 0 Å². The highest BCUT2D eigenvalue weighted by Gasteiger charge is 2.56. The highest BCUT2D eigenvalue weighted by atomic mass is 16.3. The third kappa shape index (κ3) is 3.79. The zero-order valence-electron chi connectivity index (χ0n) is 21.5. The maximum absolute atomic E-state index is 10.5. The molecule has 0 saturated heterocycles. The monoisotopic (exact) mass is 426 g/mol. The molecule has 0 aromatic heterocycles. The first-order chi connectivity index (χ1) is 14.6. The van der Waals surface area contributed by atoms with Crippen LogP contribution in [0.2, 0.25) is 0 Å². The first-order valence-electron chi connectivity index (χ1n) is 13.7. The van der Waals surface area contributed by atoms with E-state index in [-0.39, 0.29) is 6.10 Å². The lowest BCUT2D eigenvalue weighted by atomic mass is 9.47. The number of hydrogen-bond acceptors (Lipinski definition) is 1. The molecule has 9 atom stereocenters. The summed E-state index contributed by atoms with van der Waals surface area (Å²) in [5.41, 5.74) is 6.08.